The Balaban J connectivity index is 1.88. The maximum Gasteiger partial charge on any atom is 0.226 e. The van der Waals surface area contributed by atoms with E-state index in [4.69, 9.17) is 0 Å². The third-order valence-corrected chi connectivity index (χ3v) is 4.51. The number of aromatic nitrogens is 1. The molecule has 1 fully saturated rings. The Bertz CT molecular complexity index is 439. The quantitative estimate of drug-likeness (QED) is 0.868. The van der Waals surface area contributed by atoms with Gasteiger partial charge in [-0.25, -0.2) is 0 Å². The molecule has 0 aromatic carbocycles. The molecule has 1 amide bonds. The lowest BCUT2D eigenvalue weighted by molar-refractivity contribution is -0.132. The summed E-state index contributed by atoms with van der Waals surface area (Å²) in [5, 5.41) is 12.9. The molecule has 2 N–H and O–H groups in total. The molecule has 0 spiro atoms. The first-order valence-electron chi connectivity index (χ1n) is 7.38. The van der Waals surface area contributed by atoms with Crippen molar-refractivity contribution in [3.8, 4) is 0 Å². The fourth-order valence-electron chi connectivity index (χ4n) is 2.95. The second-order valence-electron chi connectivity index (χ2n) is 6.21. The Morgan fingerprint density at radius 1 is 1.40 bits per heavy atom. The molecule has 110 valence electrons. The van der Waals surface area contributed by atoms with E-state index in [1.54, 1.807) is 24.5 Å². The number of nitrogens with zero attached hydrogens (tertiary/aromatic N) is 1. The van der Waals surface area contributed by atoms with Gasteiger partial charge in [-0.05, 0) is 36.5 Å². The zero-order valence-electron chi connectivity index (χ0n) is 12.3. The number of hydrogen-bond acceptors (Lipinski definition) is 3. The molecular formula is C16H24N2O2. The van der Waals surface area contributed by atoms with Crippen LogP contribution in [0.1, 0.15) is 51.2 Å². The van der Waals surface area contributed by atoms with E-state index in [-0.39, 0.29) is 17.9 Å². The third kappa shape index (κ3) is 3.37. The largest absolute Gasteiger partial charge is 0.387 e. The highest BCUT2D eigenvalue weighted by molar-refractivity contribution is 5.82. The van der Waals surface area contributed by atoms with Gasteiger partial charge < -0.3 is 10.4 Å². The van der Waals surface area contributed by atoms with Crippen LogP contribution in [0.5, 0.6) is 0 Å². The number of amides is 1. The zero-order valence-corrected chi connectivity index (χ0v) is 12.3. The fourth-order valence-corrected chi connectivity index (χ4v) is 2.95. The van der Waals surface area contributed by atoms with Crippen molar-refractivity contribution in [2.24, 2.45) is 11.3 Å². The molecule has 4 nitrogen and oxygen atoms in total. The van der Waals surface area contributed by atoms with Crippen LogP contribution in [0.2, 0.25) is 0 Å². The Kier molecular flexibility index (Phi) is 4.76. The molecule has 0 saturated heterocycles. The van der Waals surface area contributed by atoms with E-state index in [9.17, 15) is 9.90 Å². The number of hydrogen-bond donors (Lipinski definition) is 2. The normalized spacial score (nSPS) is 17.9. The van der Waals surface area contributed by atoms with Gasteiger partial charge in [-0.1, -0.05) is 26.7 Å². The monoisotopic (exact) mass is 276 g/mol. The summed E-state index contributed by atoms with van der Waals surface area (Å²) in [4.78, 5) is 16.3. The van der Waals surface area contributed by atoms with Crippen molar-refractivity contribution in [1.29, 1.82) is 0 Å². The van der Waals surface area contributed by atoms with Crippen LogP contribution < -0.4 is 5.32 Å². The van der Waals surface area contributed by atoms with Crippen LogP contribution in [0.4, 0.5) is 0 Å². The van der Waals surface area contributed by atoms with E-state index in [1.807, 2.05) is 13.8 Å². The Morgan fingerprint density at radius 2 is 2.00 bits per heavy atom. The second-order valence-corrected chi connectivity index (χ2v) is 6.21. The molecule has 0 bridgehead atoms. The molecule has 2 rings (SSSR count). The number of nitrogens with one attached hydrogen (secondary N) is 1. The molecule has 1 heterocycles. The number of carbonyl (C=O) groups is 1. The molecule has 0 aliphatic heterocycles. The van der Waals surface area contributed by atoms with Crippen molar-refractivity contribution < 1.29 is 9.90 Å². The lowest BCUT2D eigenvalue weighted by Gasteiger charge is -2.30. The van der Waals surface area contributed by atoms with E-state index >= 15 is 0 Å². The minimum absolute atomic E-state index is 0.0394. The highest BCUT2D eigenvalue weighted by atomic mass is 16.3. The molecule has 4 heteroatoms. The topological polar surface area (TPSA) is 62.2 Å². The summed E-state index contributed by atoms with van der Waals surface area (Å²) in [6.45, 7) is 4.27. The first-order chi connectivity index (χ1) is 9.51. The molecule has 0 radical (unpaired) electrons. The Labute approximate surface area is 120 Å². The minimum Gasteiger partial charge on any atom is -0.387 e. The van der Waals surface area contributed by atoms with Crippen LogP contribution in [-0.2, 0) is 4.79 Å². The molecule has 1 saturated carbocycles. The second kappa shape index (κ2) is 6.35. The van der Waals surface area contributed by atoms with Gasteiger partial charge in [-0.15, -0.1) is 0 Å². The predicted octanol–water partition coefficient (Wildman–Crippen LogP) is 2.45. The van der Waals surface area contributed by atoms with Crippen molar-refractivity contribution in [2.45, 2.75) is 45.6 Å². The molecule has 1 aliphatic rings. The zero-order chi connectivity index (χ0) is 14.6. The summed E-state index contributed by atoms with van der Waals surface area (Å²) in [5.74, 6) is 0.498. The number of aliphatic hydroxyl groups excluding tert-OH is 1. The van der Waals surface area contributed by atoms with Crippen LogP contribution >= 0.6 is 0 Å². The van der Waals surface area contributed by atoms with Gasteiger partial charge in [0.2, 0.25) is 5.91 Å². The summed E-state index contributed by atoms with van der Waals surface area (Å²) >= 11 is 0. The summed E-state index contributed by atoms with van der Waals surface area (Å²) < 4.78 is 0. The molecule has 1 atom stereocenters. The van der Waals surface area contributed by atoms with Gasteiger partial charge in [0.25, 0.3) is 0 Å². The molecule has 20 heavy (non-hydrogen) atoms. The predicted molar refractivity (Wildman–Crippen MR) is 77.9 cm³/mol. The molecule has 1 aromatic rings. The van der Waals surface area contributed by atoms with Crippen molar-refractivity contribution in [3.63, 3.8) is 0 Å². The molecule has 1 unspecified atom stereocenters. The van der Waals surface area contributed by atoms with Gasteiger partial charge in [0, 0.05) is 24.4 Å². The number of pyridine rings is 1. The Morgan fingerprint density at radius 3 is 2.60 bits per heavy atom. The van der Waals surface area contributed by atoms with E-state index in [2.05, 4.69) is 10.3 Å². The molecular weight excluding hydrogens is 252 g/mol. The maximum absolute atomic E-state index is 12.4. The van der Waals surface area contributed by atoms with E-state index < -0.39 is 6.10 Å². The minimum atomic E-state index is -0.679. The first kappa shape index (κ1) is 15.0. The van der Waals surface area contributed by atoms with Crippen LogP contribution in [0.3, 0.4) is 0 Å². The number of rotatable bonds is 5. The summed E-state index contributed by atoms with van der Waals surface area (Å²) in [6, 6.07) is 3.53. The summed E-state index contributed by atoms with van der Waals surface area (Å²) in [6.07, 6.45) is 7.32. The van der Waals surface area contributed by atoms with Crippen molar-refractivity contribution in [1.82, 2.24) is 10.3 Å². The van der Waals surface area contributed by atoms with Gasteiger partial charge >= 0.3 is 0 Å². The van der Waals surface area contributed by atoms with Gasteiger partial charge in [0.1, 0.15) is 0 Å². The van der Waals surface area contributed by atoms with Crippen LogP contribution in [0, 0.1) is 11.3 Å². The van der Waals surface area contributed by atoms with Gasteiger partial charge in [0.15, 0.2) is 0 Å². The van der Waals surface area contributed by atoms with Crippen molar-refractivity contribution in [2.75, 3.05) is 6.54 Å². The first-order valence-corrected chi connectivity index (χ1v) is 7.38. The van der Waals surface area contributed by atoms with Crippen molar-refractivity contribution in [3.05, 3.63) is 30.1 Å². The standard InChI is InChI=1S/C16H24N2O2/c1-16(2,13-5-3-4-6-13)15(20)18-11-14(19)12-7-9-17-10-8-12/h7-10,13-14,19H,3-6,11H2,1-2H3,(H,18,20). The summed E-state index contributed by atoms with van der Waals surface area (Å²) in [7, 11) is 0. The lowest BCUT2D eigenvalue weighted by Crippen LogP contribution is -2.42. The van der Waals surface area contributed by atoms with E-state index in [1.165, 1.54) is 12.8 Å². The highest BCUT2D eigenvalue weighted by Crippen LogP contribution is 2.39. The average Bonchev–Trinajstić information content (AvgIpc) is 3.00. The van der Waals surface area contributed by atoms with Gasteiger partial charge in [0.05, 0.1) is 6.10 Å². The smallest absolute Gasteiger partial charge is 0.226 e. The number of aliphatic hydroxyl groups is 1. The number of carbonyl (C=O) groups excluding carboxylic acids is 1. The van der Waals surface area contributed by atoms with Crippen LogP contribution in [0.25, 0.3) is 0 Å². The van der Waals surface area contributed by atoms with E-state index in [0.29, 0.717) is 5.92 Å². The van der Waals surface area contributed by atoms with Crippen LogP contribution in [0.15, 0.2) is 24.5 Å². The Hall–Kier alpha value is -1.42. The third-order valence-electron chi connectivity index (χ3n) is 4.51. The lowest BCUT2D eigenvalue weighted by atomic mass is 9.77. The molecule has 1 aromatic heterocycles. The highest BCUT2D eigenvalue weighted by Gasteiger charge is 2.38. The fraction of sp³-hybridized carbons (Fsp3) is 0.625. The average molecular weight is 276 g/mol. The summed E-state index contributed by atoms with van der Waals surface area (Å²) in [5.41, 5.74) is 0.424. The van der Waals surface area contributed by atoms with Gasteiger partial charge in [-0.3, -0.25) is 9.78 Å². The van der Waals surface area contributed by atoms with Crippen molar-refractivity contribution >= 4 is 5.91 Å². The van der Waals surface area contributed by atoms with E-state index in [0.717, 1.165) is 18.4 Å². The van der Waals surface area contributed by atoms with Gasteiger partial charge in [-0.2, -0.15) is 0 Å². The SMILES string of the molecule is CC(C)(C(=O)NCC(O)c1ccncc1)C1CCCC1. The maximum atomic E-state index is 12.4. The van der Waals surface area contributed by atoms with Crippen LogP contribution in [-0.4, -0.2) is 22.5 Å². The molecule has 1 aliphatic carbocycles.